The summed E-state index contributed by atoms with van der Waals surface area (Å²) in [7, 11) is 0. The van der Waals surface area contributed by atoms with E-state index in [-0.39, 0.29) is 23.2 Å². The van der Waals surface area contributed by atoms with Crippen LogP contribution in [0, 0.1) is 22.9 Å². The number of hydrogen-bond acceptors (Lipinski definition) is 4. The molecule has 1 aliphatic heterocycles. The minimum absolute atomic E-state index is 0.0301. The molecule has 1 heterocycles. The molecule has 1 aliphatic rings. The summed E-state index contributed by atoms with van der Waals surface area (Å²) in [6, 6.07) is 10.8. The molecule has 0 spiro atoms. The van der Waals surface area contributed by atoms with Crippen molar-refractivity contribution >= 4 is 29.0 Å². The Balaban J connectivity index is 2.01. The number of benzene rings is 2. The van der Waals surface area contributed by atoms with Gasteiger partial charge in [0.1, 0.15) is 11.2 Å². The van der Waals surface area contributed by atoms with Crippen molar-refractivity contribution in [3.05, 3.63) is 69.5 Å². The van der Waals surface area contributed by atoms with Crippen molar-refractivity contribution in [2.75, 3.05) is 10.7 Å². The molecule has 0 bridgehead atoms. The Labute approximate surface area is 136 Å². The van der Waals surface area contributed by atoms with Crippen molar-refractivity contribution in [1.82, 2.24) is 0 Å². The number of amides is 1. The van der Waals surface area contributed by atoms with Crippen LogP contribution in [0.15, 0.2) is 42.5 Å². The summed E-state index contributed by atoms with van der Waals surface area (Å²) in [5, 5.41) is 10.5. The van der Waals surface area contributed by atoms with Gasteiger partial charge < -0.3 is 0 Å². The topological polar surface area (TPSA) is 63.5 Å². The Bertz CT molecular complexity index is 797. The molecule has 1 atom stereocenters. The van der Waals surface area contributed by atoms with Gasteiger partial charge in [0.15, 0.2) is 0 Å². The molecule has 7 heteroatoms. The molecule has 0 radical (unpaired) electrons. The van der Waals surface area contributed by atoms with E-state index in [0.29, 0.717) is 16.8 Å². The van der Waals surface area contributed by atoms with Crippen LogP contribution in [0.1, 0.15) is 16.5 Å². The zero-order valence-electron chi connectivity index (χ0n) is 12.2. The summed E-state index contributed by atoms with van der Waals surface area (Å²) in [5.74, 6) is -0.275. The third-order valence-electron chi connectivity index (χ3n) is 3.67. The van der Waals surface area contributed by atoms with Gasteiger partial charge in [0.2, 0.25) is 5.91 Å². The molecule has 23 heavy (non-hydrogen) atoms. The molecule has 0 aromatic heterocycles. The van der Waals surface area contributed by atoms with Crippen LogP contribution in [0.25, 0.3) is 0 Å². The van der Waals surface area contributed by atoms with Crippen molar-refractivity contribution < 1.29 is 14.1 Å². The van der Waals surface area contributed by atoms with Crippen LogP contribution in [0.4, 0.5) is 15.8 Å². The molecule has 0 aliphatic carbocycles. The second kappa shape index (κ2) is 6.00. The van der Waals surface area contributed by atoms with Crippen LogP contribution in [-0.2, 0) is 4.79 Å². The molecular weight excluding hydrogens is 319 g/mol. The number of rotatable bonds is 3. The average Bonchev–Trinajstić information content (AvgIpc) is 2.92. The monoisotopic (exact) mass is 332 g/mol. The molecule has 0 saturated carbocycles. The first kappa shape index (κ1) is 15.5. The Morgan fingerprint density at radius 3 is 2.78 bits per heavy atom. The first-order valence-electron chi connectivity index (χ1n) is 6.91. The highest BCUT2D eigenvalue weighted by Crippen LogP contribution is 2.42. The van der Waals surface area contributed by atoms with Gasteiger partial charge in [-0.05, 0) is 30.2 Å². The molecule has 2 aromatic carbocycles. The molecule has 118 valence electrons. The molecule has 1 saturated heterocycles. The van der Waals surface area contributed by atoms with Crippen molar-refractivity contribution in [2.24, 2.45) is 0 Å². The number of nitro groups is 1. The molecule has 5 nitrogen and oxygen atoms in total. The standard InChI is InChI=1S/C16H13FN2O3S/c1-10-5-6-12(8-14(10)17)18-15(20)9-23-16(18)11-3-2-4-13(7-11)19(21)22/h2-8,16H,9H2,1H3/t16-/m0/s1. The number of nitro benzene ring substituents is 1. The molecule has 0 N–H and O–H groups in total. The van der Waals surface area contributed by atoms with Crippen LogP contribution in [0.3, 0.4) is 0 Å². The summed E-state index contributed by atoms with van der Waals surface area (Å²) < 4.78 is 13.8. The predicted molar refractivity (Wildman–Crippen MR) is 86.9 cm³/mol. The van der Waals surface area contributed by atoms with Crippen molar-refractivity contribution in [3.8, 4) is 0 Å². The Morgan fingerprint density at radius 2 is 2.09 bits per heavy atom. The second-order valence-electron chi connectivity index (χ2n) is 5.21. The lowest BCUT2D eigenvalue weighted by molar-refractivity contribution is -0.384. The minimum atomic E-state index is -0.471. The maximum Gasteiger partial charge on any atom is 0.269 e. The van der Waals surface area contributed by atoms with E-state index in [2.05, 4.69) is 0 Å². The highest BCUT2D eigenvalue weighted by atomic mass is 32.2. The van der Waals surface area contributed by atoms with Gasteiger partial charge >= 0.3 is 0 Å². The highest BCUT2D eigenvalue weighted by Gasteiger charge is 2.34. The third kappa shape index (κ3) is 2.92. The van der Waals surface area contributed by atoms with Gasteiger partial charge in [-0.2, -0.15) is 0 Å². The van der Waals surface area contributed by atoms with Gasteiger partial charge in [-0.1, -0.05) is 18.2 Å². The highest BCUT2D eigenvalue weighted by molar-refractivity contribution is 8.00. The second-order valence-corrected chi connectivity index (χ2v) is 6.28. The maximum atomic E-state index is 13.8. The molecule has 3 rings (SSSR count). The van der Waals surface area contributed by atoms with Crippen LogP contribution in [0.2, 0.25) is 0 Å². The predicted octanol–water partition coefficient (Wildman–Crippen LogP) is 3.82. The lowest BCUT2D eigenvalue weighted by Crippen LogP contribution is -2.28. The Hall–Kier alpha value is -2.41. The van der Waals surface area contributed by atoms with E-state index in [0.717, 1.165) is 0 Å². The number of anilines is 1. The van der Waals surface area contributed by atoms with Crippen molar-refractivity contribution in [1.29, 1.82) is 0 Å². The van der Waals surface area contributed by atoms with E-state index in [1.54, 1.807) is 31.2 Å². The first-order valence-corrected chi connectivity index (χ1v) is 7.96. The zero-order chi connectivity index (χ0) is 16.6. The maximum absolute atomic E-state index is 13.8. The Morgan fingerprint density at radius 1 is 1.30 bits per heavy atom. The van der Waals surface area contributed by atoms with E-state index < -0.39 is 10.3 Å². The lowest BCUT2D eigenvalue weighted by Gasteiger charge is -2.24. The first-order chi connectivity index (χ1) is 11.0. The summed E-state index contributed by atoms with van der Waals surface area (Å²) in [6.45, 7) is 1.65. The van der Waals surface area contributed by atoms with Crippen LogP contribution < -0.4 is 4.90 Å². The summed E-state index contributed by atoms with van der Waals surface area (Å²) in [5.41, 5.74) is 1.58. The SMILES string of the molecule is Cc1ccc(N2C(=O)CS[C@H]2c2cccc([N+](=O)[O-])c2)cc1F. The summed E-state index contributed by atoms with van der Waals surface area (Å²) in [4.78, 5) is 24.2. The van der Waals surface area contributed by atoms with Crippen molar-refractivity contribution in [3.63, 3.8) is 0 Å². The summed E-state index contributed by atoms with van der Waals surface area (Å²) >= 11 is 1.37. The van der Waals surface area contributed by atoms with Gasteiger partial charge in [0.05, 0.1) is 10.7 Å². The fourth-order valence-electron chi connectivity index (χ4n) is 2.47. The number of halogens is 1. The number of carbonyl (C=O) groups is 1. The number of non-ortho nitro benzene ring substituents is 1. The van der Waals surface area contributed by atoms with Crippen molar-refractivity contribution in [2.45, 2.75) is 12.3 Å². The fraction of sp³-hybridized carbons (Fsp3) is 0.188. The van der Waals surface area contributed by atoms with E-state index >= 15 is 0 Å². The third-order valence-corrected chi connectivity index (χ3v) is 4.88. The smallest absolute Gasteiger partial charge is 0.269 e. The number of carbonyl (C=O) groups excluding carboxylic acids is 1. The molecule has 1 amide bonds. The molecule has 0 unspecified atom stereocenters. The van der Waals surface area contributed by atoms with Gasteiger partial charge in [-0.15, -0.1) is 11.8 Å². The largest absolute Gasteiger partial charge is 0.295 e. The number of thioether (sulfide) groups is 1. The fourth-order valence-corrected chi connectivity index (χ4v) is 3.64. The molecular formula is C16H13FN2O3S. The number of hydrogen-bond donors (Lipinski definition) is 0. The molecule has 2 aromatic rings. The number of nitrogens with zero attached hydrogens (tertiary/aromatic N) is 2. The zero-order valence-corrected chi connectivity index (χ0v) is 13.0. The quantitative estimate of drug-likeness (QED) is 0.633. The van der Waals surface area contributed by atoms with Crippen LogP contribution in [0.5, 0.6) is 0 Å². The van der Waals surface area contributed by atoms with Gasteiger partial charge in [-0.25, -0.2) is 4.39 Å². The van der Waals surface area contributed by atoms with Crippen LogP contribution in [-0.4, -0.2) is 16.6 Å². The average molecular weight is 332 g/mol. The number of aryl methyl sites for hydroxylation is 1. The van der Waals surface area contributed by atoms with E-state index in [1.165, 1.54) is 34.9 Å². The van der Waals surface area contributed by atoms with E-state index in [4.69, 9.17) is 0 Å². The van der Waals surface area contributed by atoms with E-state index in [9.17, 15) is 19.3 Å². The lowest BCUT2D eigenvalue weighted by atomic mass is 10.1. The normalized spacial score (nSPS) is 17.6. The van der Waals surface area contributed by atoms with Gasteiger partial charge in [-0.3, -0.25) is 19.8 Å². The Kier molecular flexibility index (Phi) is 4.04. The van der Waals surface area contributed by atoms with Gasteiger partial charge in [0.25, 0.3) is 5.69 Å². The summed E-state index contributed by atoms with van der Waals surface area (Å²) in [6.07, 6.45) is 0. The molecule has 1 fully saturated rings. The van der Waals surface area contributed by atoms with Gasteiger partial charge in [0, 0.05) is 17.8 Å². The van der Waals surface area contributed by atoms with E-state index in [1.807, 2.05) is 0 Å². The minimum Gasteiger partial charge on any atom is -0.295 e. The van der Waals surface area contributed by atoms with Crippen LogP contribution >= 0.6 is 11.8 Å².